The van der Waals surface area contributed by atoms with Crippen molar-refractivity contribution < 1.29 is 14.0 Å². The fourth-order valence-corrected chi connectivity index (χ4v) is 3.96. The van der Waals surface area contributed by atoms with Crippen molar-refractivity contribution in [3.05, 3.63) is 29.0 Å². The fraction of sp³-hybridized carbons (Fsp3) is 0.429. The van der Waals surface area contributed by atoms with E-state index in [1.54, 1.807) is 4.90 Å². The highest BCUT2D eigenvalue weighted by atomic mass is 35.5. The molecule has 2 heterocycles. The summed E-state index contributed by atoms with van der Waals surface area (Å²) in [7, 11) is 0. The molecule has 1 aliphatic carbocycles. The first kappa shape index (κ1) is 12.1. The normalized spacial score (nSPS) is 31.4. The Morgan fingerprint density at radius 3 is 2.75 bits per heavy atom. The molecule has 2 aliphatic heterocycles. The van der Waals surface area contributed by atoms with Crippen molar-refractivity contribution in [3.63, 3.8) is 0 Å². The zero-order valence-electron chi connectivity index (χ0n) is 10.6. The van der Waals surface area contributed by atoms with Gasteiger partial charge in [-0.25, -0.2) is 14.1 Å². The maximum atomic E-state index is 13.2. The molecular weight excluding hydrogens is 283 g/mol. The second-order valence-electron chi connectivity index (χ2n) is 5.63. The molecule has 3 aliphatic rings. The van der Waals surface area contributed by atoms with E-state index in [1.807, 2.05) is 0 Å². The second-order valence-corrected chi connectivity index (χ2v) is 6.04. The van der Waals surface area contributed by atoms with Gasteiger partial charge in [0.25, 0.3) is 5.91 Å². The lowest BCUT2D eigenvalue weighted by Crippen LogP contribution is -2.40. The number of nitrogens with zero attached hydrogens (tertiary/aromatic N) is 2. The number of hydrogen-bond acceptors (Lipinski definition) is 2. The molecule has 0 spiro atoms. The summed E-state index contributed by atoms with van der Waals surface area (Å²) in [6.45, 7) is 0. The first-order chi connectivity index (χ1) is 9.58. The molecule has 4 nitrogen and oxygen atoms in total. The Bertz CT molecular complexity index is 608. The van der Waals surface area contributed by atoms with E-state index in [-0.39, 0.29) is 35.0 Å². The third kappa shape index (κ3) is 1.41. The van der Waals surface area contributed by atoms with Gasteiger partial charge in [0.05, 0.1) is 10.7 Å². The van der Waals surface area contributed by atoms with Crippen LogP contribution in [0, 0.1) is 11.7 Å². The number of fused-ring (bicyclic) bond motifs is 5. The number of hydrogen-bond donors (Lipinski definition) is 0. The van der Waals surface area contributed by atoms with Crippen LogP contribution < -0.4 is 4.90 Å². The standard InChI is InChI=1S/C14H12ClFN2O2/c15-10-6-9(3-4-11(10)16)18-13(19)12-7-1-2-8(5-7)17(12)14(18)20/h3-4,6-8,12H,1-2,5H2/t7-,8+,12?/m0/s1. The van der Waals surface area contributed by atoms with Crippen molar-refractivity contribution in [2.75, 3.05) is 4.90 Å². The predicted molar refractivity (Wildman–Crippen MR) is 71.0 cm³/mol. The van der Waals surface area contributed by atoms with Crippen LogP contribution in [0.15, 0.2) is 18.2 Å². The molecule has 1 aromatic rings. The molecule has 6 heteroatoms. The minimum absolute atomic E-state index is 0.0851. The number of amides is 3. The molecule has 20 heavy (non-hydrogen) atoms. The zero-order chi connectivity index (χ0) is 14.0. The number of rotatable bonds is 1. The molecule has 1 unspecified atom stereocenters. The van der Waals surface area contributed by atoms with E-state index in [0.717, 1.165) is 24.2 Å². The Kier molecular flexibility index (Phi) is 2.40. The van der Waals surface area contributed by atoms with Crippen LogP contribution in [0.1, 0.15) is 19.3 Å². The zero-order valence-corrected chi connectivity index (χ0v) is 11.3. The van der Waals surface area contributed by atoms with E-state index in [9.17, 15) is 14.0 Å². The highest BCUT2D eigenvalue weighted by molar-refractivity contribution is 6.31. The highest BCUT2D eigenvalue weighted by Gasteiger charge is 2.59. The average molecular weight is 295 g/mol. The van der Waals surface area contributed by atoms with Crippen molar-refractivity contribution in [2.24, 2.45) is 5.92 Å². The highest BCUT2D eigenvalue weighted by Crippen LogP contribution is 2.47. The van der Waals surface area contributed by atoms with Crippen LogP contribution in [0.2, 0.25) is 5.02 Å². The van der Waals surface area contributed by atoms with Gasteiger partial charge in [-0.2, -0.15) is 0 Å². The van der Waals surface area contributed by atoms with Gasteiger partial charge in [0.1, 0.15) is 11.9 Å². The maximum Gasteiger partial charge on any atom is 0.332 e. The molecular formula is C14H12ClFN2O2. The van der Waals surface area contributed by atoms with Crippen molar-refractivity contribution in [1.29, 1.82) is 0 Å². The molecule has 3 fully saturated rings. The van der Waals surface area contributed by atoms with Crippen LogP contribution in [0.4, 0.5) is 14.9 Å². The van der Waals surface area contributed by atoms with Crippen LogP contribution >= 0.6 is 11.6 Å². The number of anilines is 1. The Hall–Kier alpha value is -1.62. The second kappa shape index (κ2) is 3.95. The third-order valence-electron chi connectivity index (χ3n) is 4.63. The molecule has 3 atom stereocenters. The van der Waals surface area contributed by atoms with Gasteiger partial charge in [0.15, 0.2) is 0 Å². The number of urea groups is 1. The Morgan fingerprint density at radius 1 is 1.25 bits per heavy atom. The number of carbonyl (C=O) groups is 2. The summed E-state index contributed by atoms with van der Waals surface area (Å²) in [5, 5.41) is -0.0851. The van der Waals surface area contributed by atoms with E-state index in [4.69, 9.17) is 11.6 Å². The summed E-state index contributed by atoms with van der Waals surface area (Å²) in [5.41, 5.74) is 0.347. The number of piperidine rings is 1. The van der Waals surface area contributed by atoms with Crippen molar-refractivity contribution in [2.45, 2.75) is 31.3 Å². The number of carbonyl (C=O) groups excluding carboxylic acids is 2. The van der Waals surface area contributed by atoms with Gasteiger partial charge < -0.3 is 4.90 Å². The number of benzene rings is 1. The summed E-state index contributed by atoms with van der Waals surface area (Å²) in [5.74, 6) is -0.489. The van der Waals surface area contributed by atoms with Crippen molar-refractivity contribution >= 4 is 29.2 Å². The van der Waals surface area contributed by atoms with Gasteiger partial charge in [-0.3, -0.25) is 4.79 Å². The minimum atomic E-state index is -0.560. The quantitative estimate of drug-likeness (QED) is 0.747. The van der Waals surface area contributed by atoms with Gasteiger partial charge in [-0.05, 0) is 43.4 Å². The molecule has 3 amide bonds. The summed E-state index contributed by atoms with van der Waals surface area (Å²) in [6.07, 6.45) is 2.90. The largest absolute Gasteiger partial charge is 0.332 e. The molecule has 104 valence electrons. The van der Waals surface area contributed by atoms with E-state index >= 15 is 0 Å². The Balaban J connectivity index is 1.74. The first-order valence-corrected chi connectivity index (χ1v) is 7.07. The Morgan fingerprint density at radius 2 is 2.05 bits per heavy atom. The first-order valence-electron chi connectivity index (χ1n) is 6.69. The monoisotopic (exact) mass is 294 g/mol. The van der Waals surface area contributed by atoms with Crippen molar-refractivity contribution in [3.8, 4) is 0 Å². The number of halogens is 2. The molecule has 4 rings (SSSR count). The summed E-state index contributed by atoms with van der Waals surface area (Å²) in [4.78, 5) is 27.8. The maximum absolute atomic E-state index is 13.2. The van der Waals surface area contributed by atoms with Crippen LogP contribution in [0.25, 0.3) is 0 Å². The van der Waals surface area contributed by atoms with Crippen LogP contribution in [-0.2, 0) is 4.79 Å². The van der Waals surface area contributed by atoms with E-state index in [2.05, 4.69) is 0 Å². The molecule has 2 saturated heterocycles. The van der Waals surface area contributed by atoms with Crippen LogP contribution in [0.5, 0.6) is 0 Å². The smallest absolute Gasteiger partial charge is 0.309 e. The van der Waals surface area contributed by atoms with Gasteiger partial charge >= 0.3 is 6.03 Å². The predicted octanol–water partition coefficient (Wildman–Crippen LogP) is 2.80. The lowest BCUT2D eigenvalue weighted by Gasteiger charge is -2.25. The van der Waals surface area contributed by atoms with Gasteiger partial charge in [0, 0.05) is 6.04 Å². The molecule has 2 bridgehead atoms. The van der Waals surface area contributed by atoms with Gasteiger partial charge in [-0.15, -0.1) is 0 Å². The minimum Gasteiger partial charge on any atom is -0.309 e. The fourth-order valence-electron chi connectivity index (χ4n) is 3.78. The lowest BCUT2D eigenvalue weighted by atomic mass is 9.99. The SMILES string of the molecule is O=C1C2[C@H]3CC[C@H](C3)N2C(=O)N1c1ccc(F)c(Cl)c1. The topological polar surface area (TPSA) is 40.6 Å². The van der Waals surface area contributed by atoms with Gasteiger partial charge in [-0.1, -0.05) is 11.6 Å². The molecule has 0 radical (unpaired) electrons. The van der Waals surface area contributed by atoms with Crippen LogP contribution in [0.3, 0.4) is 0 Å². The molecule has 1 aromatic carbocycles. The third-order valence-corrected chi connectivity index (χ3v) is 4.92. The number of imide groups is 1. The van der Waals surface area contributed by atoms with E-state index in [1.165, 1.54) is 18.2 Å². The molecule has 1 saturated carbocycles. The van der Waals surface area contributed by atoms with Crippen LogP contribution in [-0.4, -0.2) is 28.9 Å². The summed E-state index contributed by atoms with van der Waals surface area (Å²) < 4.78 is 13.2. The van der Waals surface area contributed by atoms with Gasteiger partial charge in [0.2, 0.25) is 0 Å². The summed E-state index contributed by atoms with van der Waals surface area (Å²) in [6, 6.07) is 3.48. The molecule has 0 N–H and O–H groups in total. The molecule has 0 aromatic heterocycles. The lowest BCUT2D eigenvalue weighted by molar-refractivity contribution is -0.120. The summed E-state index contributed by atoms with van der Waals surface area (Å²) >= 11 is 5.74. The average Bonchev–Trinajstić information content (AvgIpc) is 3.08. The van der Waals surface area contributed by atoms with E-state index in [0.29, 0.717) is 5.69 Å². The van der Waals surface area contributed by atoms with E-state index < -0.39 is 5.82 Å². The Labute approximate surface area is 120 Å². The van der Waals surface area contributed by atoms with Crippen molar-refractivity contribution in [1.82, 2.24) is 4.90 Å².